The van der Waals surface area contributed by atoms with Crippen molar-refractivity contribution in [1.82, 2.24) is 4.90 Å². The van der Waals surface area contributed by atoms with Crippen molar-refractivity contribution in [2.75, 3.05) is 6.54 Å². The lowest BCUT2D eigenvalue weighted by molar-refractivity contribution is -0.115. The van der Waals surface area contributed by atoms with E-state index in [0.29, 0.717) is 6.54 Å². The smallest absolute Gasteiger partial charge is 0.410 e. The van der Waals surface area contributed by atoms with Crippen LogP contribution in [0.4, 0.5) is 4.79 Å². The number of terminal acetylenes is 1. The lowest BCUT2D eigenvalue weighted by atomic mass is 9.98. The number of nitrogens with zero attached hydrogens (tertiary/aromatic N) is 1. The predicted octanol–water partition coefficient (Wildman–Crippen LogP) is 2.37. The third kappa shape index (κ3) is 4.40. The van der Waals surface area contributed by atoms with Crippen molar-refractivity contribution in [3.05, 3.63) is 0 Å². The standard InChI is InChI=1S/C14H21NO3/c1-5-12(16)10-11-8-6-7-9-15(11)13(17)18-14(2,3)4/h1,11H,6-10H2,2-4H3. The summed E-state index contributed by atoms with van der Waals surface area (Å²) in [7, 11) is 0. The highest BCUT2D eigenvalue weighted by Crippen LogP contribution is 2.22. The summed E-state index contributed by atoms with van der Waals surface area (Å²) in [5.74, 6) is 1.85. The lowest BCUT2D eigenvalue weighted by Gasteiger charge is -2.36. The summed E-state index contributed by atoms with van der Waals surface area (Å²) in [4.78, 5) is 25.0. The minimum atomic E-state index is -0.519. The maximum absolute atomic E-state index is 12.0. The van der Waals surface area contributed by atoms with Gasteiger partial charge in [-0.3, -0.25) is 4.79 Å². The summed E-state index contributed by atoms with van der Waals surface area (Å²) < 4.78 is 5.35. The van der Waals surface area contributed by atoms with E-state index in [1.165, 1.54) is 0 Å². The minimum absolute atomic E-state index is 0.114. The summed E-state index contributed by atoms with van der Waals surface area (Å²) >= 11 is 0. The number of likely N-dealkylation sites (tertiary alicyclic amines) is 1. The van der Waals surface area contributed by atoms with E-state index < -0.39 is 5.60 Å². The first kappa shape index (κ1) is 14.6. The fourth-order valence-corrected chi connectivity index (χ4v) is 2.05. The molecule has 0 bridgehead atoms. The zero-order valence-corrected chi connectivity index (χ0v) is 11.4. The Labute approximate surface area is 109 Å². The van der Waals surface area contributed by atoms with Crippen LogP contribution in [0.3, 0.4) is 0 Å². The van der Waals surface area contributed by atoms with Crippen LogP contribution in [-0.4, -0.2) is 35.0 Å². The van der Waals surface area contributed by atoms with Crippen LogP contribution in [0.15, 0.2) is 0 Å². The van der Waals surface area contributed by atoms with E-state index in [2.05, 4.69) is 5.92 Å². The van der Waals surface area contributed by atoms with Crippen molar-refractivity contribution >= 4 is 11.9 Å². The molecular weight excluding hydrogens is 230 g/mol. The molecule has 1 saturated heterocycles. The topological polar surface area (TPSA) is 46.6 Å². The largest absolute Gasteiger partial charge is 0.444 e. The SMILES string of the molecule is C#CC(=O)CC1CCCCN1C(=O)OC(C)(C)C. The Morgan fingerprint density at radius 3 is 2.61 bits per heavy atom. The number of amides is 1. The molecule has 1 atom stereocenters. The van der Waals surface area contributed by atoms with E-state index >= 15 is 0 Å². The van der Waals surface area contributed by atoms with Gasteiger partial charge >= 0.3 is 6.09 Å². The number of carbonyl (C=O) groups excluding carboxylic acids is 2. The van der Waals surface area contributed by atoms with E-state index in [1.807, 2.05) is 20.8 Å². The van der Waals surface area contributed by atoms with Gasteiger partial charge in [-0.05, 0) is 46.0 Å². The molecule has 0 aromatic heterocycles. The first-order valence-corrected chi connectivity index (χ1v) is 6.32. The molecule has 0 N–H and O–H groups in total. The average molecular weight is 251 g/mol. The molecule has 100 valence electrons. The maximum Gasteiger partial charge on any atom is 0.410 e. The second-order valence-electron chi connectivity index (χ2n) is 5.59. The number of hydrogen-bond acceptors (Lipinski definition) is 3. The molecule has 1 aliphatic heterocycles. The summed E-state index contributed by atoms with van der Waals surface area (Å²) in [6, 6.07) is -0.114. The first-order chi connectivity index (χ1) is 8.33. The predicted molar refractivity (Wildman–Crippen MR) is 69.0 cm³/mol. The number of ether oxygens (including phenoxy) is 1. The van der Waals surface area contributed by atoms with Gasteiger partial charge in [-0.1, -0.05) is 0 Å². The summed E-state index contributed by atoms with van der Waals surface area (Å²) in [5.41, 5.74) is -0.519. The van der Waals surface area contributed by atoms with Gasteiger partial charge in [0.1, 0.15) is 5.60 Å². The lowest BCUT2D eigenvalue weighted by Crippen LogP contribution is -2.46. The Hall–Kier alpha value is -1.50. The van der Waals surface area contributed by atoms with Crippen molar-refractivity contribution in [2.45, 2.75) is 58.1 Å². The van der Waals surface area contributed by atoms with Crippen LogP contribution < -0.4 is 0 Å². The Bertz CT molecular complexity index is 362. The van der Waals surface area contributed by atoms with Crippen LogP contribution in [0, 0.1) is 12.3 Å². The first-order valence-electron chi connectivity index (χ1n) is 6.32. The molecule has 1 rings (SSSR count). The number of carbonyl (C=O) groups is 2. The Morgan fingerprint density at radius 2 is 2.06 bits per heavy atom. The maximum atomic E-state index is 12.0. The molecule has 1 heterocycles. The van der Waals surface area contributed by atoms with Crippen molar-refractivity contribution < 1.29 is 14.3 Å². The molecule has 1 fully saturated rings. The number of hydrogen-bond donors (Lipinski definition) is 0. The molecule has 1 unspecified atom stereocenters. The van der Waals surface area contributed by atoms with Gasteiger partial charge in [0.05, 0.1) is 0 Å². The van der Waals surface area contributed by atoms with Gasteiger partial charge in [-0.2, -0.15) is 0 Å². The normalized spacial score (nSPS) is 20.1. The van der Waals surface area contributed by atoms with E-state index in [1.54, 1.807) is 4.90 Å². The molecule has 4 heteroatoms. The van der Waals surface area contributed by atoms with Crippen molar-refractivity contribution in [2.24, 2.45) is 0 Å². The number of Topliss-reactive ketones (excluding diaryl/α,β-unsaturated/α-hetero) is 1. The second-order valence-corrected chi connectivity index (χ2v) is 5.59. The molecule has 0 aliphatic carbocycles. The number of piperidine rings is 1. The van der Waals surface area contributed by atoms with Crippen LogP contribution in [0.1, 0.15) is 46.5 Å². The van der Waals surface area contributed by atoms with E-state index in [4.69, 9.17) is 11.2 Å². The molecular formula is C14H21NO3. The van der Waals surface area contributed by atoms with Gasteiger partial charge in [0.2, 0.25) is 5.78 Å². The van der Waals surface area contributed by atoms with Gasteiger partial charge in [0, 0.05) is 19.0 Å². The molecule has 0 aromatic rings. The fraction of sp³-hybridized carbons (Fsp3) is 0.714. The third-order valence-electron chi connectivity index (χ3n) is 2.84. The molecule has 1 amide bonds. The van der Waals surface area contributed by atoms with E-state index in [9.17, 15) is 9.59 Å². The zero-order valence-electron chi connectivity index (χ0n) is 11.4. The molecule has 4 nitrogen and oxygen atoms in total. The highest BCUT2D eigenvalue weighted by atomic mass is 16.6. The van der Waals surface area contributed by atoms with Crippen LogP contribution in [0.5, 0.6) is 0 Å². The van der Waals surface area contributed by atoms with Gasteiger partial charge in [0.25, 0.3) is 0 Å². The monoisotopic (exact) mass is 251 g/mol. The Balaban J connectivity index is 2.67. The summed E-state index contributed by atoms with van der Waals surface area (Å²) in [6.45, 7) is 6.13. The quantitative estimate of drug-likeness (QED) is 0.559. The van der Waals surface area contributed by atoms with Crippen LogP contribution >= 0.6 is 0 Å². The van der Waals surface area contributed by atoms with Crippen LogP contribution in [0.2, 0.25) is 0 Å². The highest BCUT2D eigenvalue weighted by Gasteiger charge is 2.31. The molecule has 0 saturated carbocycles. The van der Waals surface area contributed by atoms with E-state index in [-0.39, 0.29) is 24.3 Å². The van der Waals surface area contributed by atoms with E-state index in [0.717, 1.165) is 19.3 Å². The summed E-state index contributed by atoms with van der Waals surface area (Å²) in [5, 5.41) is 0. The summed E-state index contributed by atoms with van der Waals surface area (Å²) in [6.07, 6.45) is 7.73. The zero-order chi connectivity index (χ0) is 13.8. The Kier molecular flexibility index (Phi) is 4.77. The average Bonchev–Trinajstić information content (AvgIpc) is 2.27. The highest BCUT2D eigenvalue weighted by molar-refractivity contribution is 5.95. The molecule has 0 spiro atoms. The van der Waals surface area contributed by atoms with Gasteiger partial charge < -0.3 is 9.64 Å². The molecule has 0 radical (unpaired) electrons. The number of rotatable bonds is 2. The van der Waals surface area contributed by atoms with Gasteiger partial charge in [-0.25, -0.2) is 4.79 Å². The van der Waals surface area contributed by atoms with Crippen molar-refractivity contribution in [3.63, 3.8) is 0 Å². The number of ketones is 1. The molecule has 18 heavy (non-hydrogen) atoms. The Morgan fingerprint density at radius 1 is 1.39 bits per heavy atom. The third-order valence-corrected chi connectivity index (χ3v) is 2.84. The van der Waals surface area contributed by atoms with Crippen molar-refractivity contribution in [1.29, 1.82) is 0 Å². The fourth-order valence-electron chi connectivity index (χ4n) is 2.05. The van der Waals surface area contributed by atoms with Crippen molar-refractivity contribution in [3.8, 4) is 12.3 Å². The molecule has 0 aromatic carbocycles. The van der Waals surface area contributed by atoms with Gasteiger partial charge in [-0.15, -0.1) is 6.42 Å². The van der Waals surface area contributed by atoms with Gasteiger partial charge in [0.15, 0.2) is 0 Å². The van der Waals surface area contributed by atoms with Crippen LogP contribution in [0.25, 0.3) is 0 Å². The second kappa shape index (κ2) is 5.90. The minimum Gasteiger partial charge on any atom is -0.444 e. The molecule has 1 aliphatic rings. The van der Waals surface area contributed by atoms with Crippen LogP contribution in [-0.2, 0) is 9.53 Å².